The predicted molar refractivity (Wildman–Crippen MR) is 70.2 cm³/mol. The lowest BCUT2D eigenvalue weighted by atomic mass is 9.74. The number of nitrogens with one attached hydrogen (secondary N) is 1. The smallest absolute Gasteiger partial charge is 0.217 e. The van der Waals surface area contributed by atoms with E-state index >= 15 is 0 Å². The lowest BCUT2D eigenvalue weighted by Crippen LogP contribution is -2.58. The van der Waals surface area contributed by atoms with Crippen molar-refractivity contribution in [2.75, 3.05) is 13.1 Å². The average molecular weight is 252 g/mol. The fraction of sp³-hybridized carbons (Fsp3) is 0.857. The van der Waals surface area contributed by atoms with Crippen LogP contribution in [0, 0.1) is 5.92 Å². The van der Waals surface area contributed by atoms with Crippen LogP contribution in [0.3, 0.4) is 0 Å². The molecule has 1 N–H and O–H groups in total. The van der Waals surface area contributed by atoms with Crippen LogP contribution < -0.4 is 5.32 Å². The lowest BCUT2D eigenvalue weighted by Gasteiger charge is -2.47. The molecule has 18 heavy (non-hydrogen) atoms. The van der Waals surface area contributed by atoms with Crippen LogP contribution in [0.1, 0.15) is 46.0 Å². The molecule has 4 heteroatoms. The molecule has 4 nitrogen and oxygen atoms in total. The normalized spacial score (nSPS) is 33.0. The van der Waals surface area contributed by atoms with Crippen LogP contribution in [0.5, 0.6) is 0 Å². The zero-order valence-electron chi connectivity index (χ0n) is 11.4. The highest BCUT2D eigenvalue weighted by Gasteiger charge is 2.41. The van der Waals surface area contributed by atoms with E-state index in [0.29, 0.717) is 30.6 Å². The minimum Gasteiger partial charge on any atom is -0.353 e. The number of ketones is 1. The number of Topliss-reactive ketones (excluding diaryl/α,β-unsaturated/α-hetero) is 1. The van der Waals surface area contributed by atoms with E-state index in [9.17, 15) is 9.59 Å². The Morgan fingerprint density at radius 1 is 1.44 bits per heavy atom. The van der Waals surface area contributed by atoms with E-state index in [1.807, 2.05) is 0 Å². The highest BCUT2D eigenvalue weighted by Crippen LogP contribution is 2.34. The molecular formula is C14H24N2O2. The van der Waals surface area contributed by atoms with Crippen molar-refractivity contribution < 1.29 is 9.59 Å². The fourth-order valence-corrected chi connectivity index (χ4v) is 3.58. The summed E-state index contributed by atoms with van der Waals surface area (Å²) in [4.78, 5) is 25.5. The summed E-state index contributed by atoms with van der Waals surface area (Å²) in [6.45, 7) is 5.93. The zero-order valence-corrected chi connectivity index (χ0v) is 11.4. The minimum atomic E-state index is 0.0284. The molecule has 3 atom stereocenters. The molecule has 1 saturated carbocycles. The van der Waals surface area contributed by atoms with Gasteiger partial charge in [0.2, 0.25) is 5.91 Å². The predicted octanol–water partition coefficient (Wildman–Crippen LogP) is 1.34. The Bertz CT molecular complexity index is 330. The number of likely N-dealkylation sites (tertiary alicyclic amines) is 1. The lowest BCUT2D eigenvalue weighted by molar-refractivity contribution is -0.127. The quantitative estimate of drug-likeness (QED) is 0.824. The van der Waals surface area contributed by atoms with Crippen molar-refractivity contribution in [3.8, 4) is 0 Å². The van der Waals surface area contributed by atoms with Crippen LogP contribution in [0.25, 0.3) is 0 Å². The molecule has 102 valence electrons. The third-order valence-corrected chi connectivity index (χ3v) is 4.29. The molecule has 0 aromatic heterocycles. The van der Waals surface area contributed by atoms with Gasteiger partial charge in [0.1, 0.15) is 5.78 Å². The summed E-state index contributed by atoms with van der Waals surface area (Å²) >= 11 is 0. The molecule has 1 amide bonds. The van der Waals surface area contributed by atoms with Gasteiger partial charge < -0.3 is 5.32 Å². The van der Waals surface area contributed by atoms with Gasteiger partial charge in [-0.25, -0.2) is 0 Å². The molecule has 1 saturated heterocycles. The summed E-state index contributed by atoms with van der Waals surface area (Å²) in [7, 11) is 0. The van der Waals surface area contributed by atoms with Crippen LogP contribution >= 0.6 is 0 Å². The second-order valence-corrected chi connectivity index (χ2v) is 5.64. The topological polar surface area (TPSA) is 49.4 Å². The fourth-order valence-electron chi connectivity index (χ4n) is 3.58. The van der Waals surface area contributed by atoms with E-state index in [1.54, 1.807) is 6.92 Å². The zero-order chi connectivity index (χ0) is 13.1. The number of nitrogens with zero attached hydrogens (tertiary/aromatic N) is 1. The van der Waals surface area contributed by atoms with Crippen LogP contribution in [-0.2, 0) is 9.59 Å². The van der Waals surface area contributed by atoms with Crippen LogP contribution in [0.4, 0.5) is 0 Å². The van der Waals surface area contributed by atoms with Crippen molar-refractivity contribution in [1.29, 1.82) is 0 Å². The number of carbonyl (C=O) groups is 2. The van der Waals surface area contributed by atoms with Gasteiger partial charge in [0, 0.05) is 44.3 Å². The molecule has 0 unspecified atom stereocenters. The van der Waals surface area contributed by atoms with Gasteiger partial charge in [-0.3, -0.25) is 14.5 Å². The second-order valence-electron chi connectivity index (χ2n) is 5.64. The Balaban J connectivity index is 2.08. The molecule has 1 aliphatic heterocycles. The Kier molecular flexibility index (Phi) is 4.38. The molecule has 2 rings (SSSR count). The molecule has 0 radical (unpaired) electrons. The minimum absolute atomic E-state index is 0.0284. The molecule has 2 fully saturated rings. The van der Waals surface area contributed by atoms with Gasteiger partial charge in [0.25, 0.3) is 0 Å². The van der Waals surface area contributed by atoms with Gasteiger partial charge in [0.15, 0.2) is 0 Å². The van der Waals surface area contributed by atoms with Crippen LogP contribution in [0.2, 0.25) is 0 Å². The maximum Gasteiger partial charge on any atom is 0.217 e. The van der Waals surface area contributed by atoms with Crippen LogP contribution in [-0.4, -0.2) is 41.8 Å². The number of fused-ring (bicyclic) bond motifs is 1. The van der Waals surface area contributed by atoms with Crippen molar-refractivity contribution >= 4 is 11.7 Å². The number of amides is 1. The summed E-state index contributed by atoms with van der Waals surface area (Å²) in [6, 6.07) is 0.693. The van der Waals surface area contributed by atoms with Crippen molar-refractivity contribution in [2.45, 2.75) is 58.0 Å². The van der Waals surface area contributed by atoms with Gasteiger partial charge in [-0.1, -0.05) is 6.92 Å². The third kappa shape index (κ3) is 2.91. The first kappa shape index (κ1) is 13.5. The van der Waals surface area contributed by atoms with Crippen molar-refractivity contribution in [3.63, 3.8) is 0 Å². The summed E-state index contributed by atoms with van der Waals surface area (Å²) in [5.74, 6) is 0.723. The Hall–Kier alpha value is -0.900. The van der Waals surface area contributed by atoms with E-state index < -0.39 is 0 Å². The highest BCUT2D eigenvalue weighted by atomic mass is 16.1. The highest BCUT2D eigenvalue weighted by molar-refractivity contribution is 5.80. The van der Waals surface area contributed by atoms with Crippen LogP contribution in [0.15, 0.2) is 0 Å². The van der Waals surface area contributed by atoms with E-state index in [4.69, 9.17) is 0 Å². The first-order valence-corrected chi connectivity index (χ1v) is 7.14. The summed E-state index contributed by atoms with van der Waals surface area (Å²) in [6.07, 6.45) is 4.47. The maximum absolute atomic E-state index is 11.7. The molecule has 0 aromatic rings. The molecule has 2 aliphatic rings. The van der Waals surface area contributed by atoms with Crippen molar-refractivity contribution in [1.82, 2.24) is 10.2 Å². The van der Waals surface area contributed by atoms with Gasteiger partial charge in [-0.05, 0) is 25.8 Å². The van der Waals surface area contributed by atoms with E-state index in [0.717, 1.165) is 32.4 Å². The molecule has 0 aromatic carbocycles. The molecular weight excluding hydrogens is 228 g/mol. The van der Waals surface area contributed by atoms with Gasteiger partial charge in [-0.15, -0.1) is 0 Å². The second kappa shape index (κ2) is 5.83. The number of carbonyl (C=O) groups excluding carboxylic acids is 2. The number of piperidine rings is 1. The van der Waals surface area contributed by atoms with E-state index in [1.165, 1.54) is 0 Å². The molecule has 0 bridgehead atoms. The average Bonchev–Trinajstić information content (AvgIpc) is 2.32. The van der Waals surface area contributed by atoms with E-state index in [2.05, 4.69) is 17.1 Å². The largest absolute Gasteiger partial charge is 0.353 e. The first-order valence-electron chi connectivity index (χ1n) is 7.14. The first-order chi connectivity index (χ1) is 8.61. The summed E-state index contributed by atoms with van der Waals surface area (Å²) in [5.41, 5.74) is 0. The number of hydrogen-bond acceptors (Lipinski definition) is 3. The van der Waals surface area contributed by atoms with Crippen molar-refractivity contribution in [3.05, 3.63) is 0 Å². The third-order valence-electron chi connectivity index (χ3n) is 4.29. The Labute approximate surface area is 109 Å². The Morgan fingerprint density at radius 3 is 2.89 bits per heavy atom. The van der Waals surface area contributed by atoms with E-state index in [-0.39, 0.29) is 11.9 Å². The SMILES string of the molecule is CCCN1CC[C@@H](NC(C)=O)[C@H]2CC(=O)CC[C@@H]21. The van der Waals surface area contributed by atoms with Gasteiger partial charge >= 0.3 is 0 Å². The summed E-state index contributed by atoms with van der Waals surface area (Å²) < 4.78 is 0. The summed E-state index contributed by atoms with van der Waals surface area (Å²) in [5, 5.41) is 3.05. The van der Waals surface area contributed by atoms with Gasteiger partial charge in [0.05, 0.1) is 0 Å². The number of rotatable bonds is 3. The molecule has 0 spiro atoms. The standard InChI is InChI=1S/C14H24N2O2/c1-3-7-16-8-6-13(15-10(2)17)12-9-11(18)4-5-14(12)16/h12-14H,3-9H2,1-2H3,(H,15,17)/t12-,13-,14+/m1/s1. The Morgan fingerprint density at radius 2 is 2.22 bits per heavy atom. The molecule has 1 aliphatic carbocycles. The maximum atomic E-state index is 11.7. The molecule has 1 heterocycles. The van der Waals surface area contributed by atoms with Crippen molar-refractivity contribution in [2.24, 2.45) is 5.92 Å². The van der Waals surface area contributed by atoms with Gasteiger partial charge in [-0.2, -0.15) is 0 Å². The monoisotopic (exact) mass is 252 g/mol. The number of hydrogen-bond donors (Lipinski definition) is 1.